The molecule has 1 saturated heterocycles. The van der Waals surface area contributed by atoms with Crippen LogP contribution in [-0.2, 0) is 4.79 Å². The van der Waals surface area contributed by atoms with Gasteiger partial charge in [-0.25, -0.2) is 0 Å². The molecule has 19 heavy (non-hydrogen) atoms. The third-order valence-corrected chi connectivity index (χ3v) is 4.79. The first kappa shape index (κ1) is 16.8. The van der Waals surface area contributed by atoms with Crippen molar-refractivity contribution in [3.8, 4) is 0 Å². The van der Waals surface area contributed by atoms with Crippen LogP contribution in [0.25, 0.3) is 0 Å². The van der Waals surface area contributed by atoms with Gasteiger partial charge in [-0.05, 0) is 63.8 Å². The Hall–Kier alpha value is -0.280. The van der Waals surface area contributed by atoms with Gasteiger partial charge in [0.1, 0.15) is 0 Å². The van der Waals surface area contributed by atoms with Crippen LogP contribution in [-0.4, -0.2) is 24.0 Å². The van der Waals surface area contributed by atoms with E-state index in [1.807, 2.05) is 6.92 Å². The summed E-state index contributed by atoms with van der Waals surface area (Å²) in [6.07, 6.45) is 8.04. The largest absolute Gasteiger partial charge is 0.352 e. The molecule has 2 N–H and O–H groups in total. The van der Waals surface area contributed by atoms with Gasteiger partial charge >= 0.3 is 0 Å². The monoisotopic (exact) mass is 288 g/mol. The quantitative estimate of drug-likeness (QED) is 0.820. The van der Waals surface area contributed by atoms with Crippen LogP contribution >= 0.6 is 12.4 Å². The highest BCUT2D eigenvalue weighted by Crippen LogP contribution is 2.35. The van der Waals surface area contributed by atoms with E-state index in [1.54, 1.807) is 0 Å². The molecule has 2 rings (SSSR count). The maximum absolute atomic E-state index is 12.4. The minimum Gasteiger partial charge on any atom is -0.352 e. The van der Waals surface area contributed by atoms with E-state index in [2.05, 4.69) is 24.5 Å². The fraction of sp³-hybridized carbons (Fsp3) is 0.933. The lowest BCUT2D eigenvalue weighted by Gasteiger charge is -2.38. The van der Waals surface area contributed by atoms with Crippen molar-refractivity contribution in [2.45, 2.75) is 77.3 Å². The van der Waals surface area contributed by atoms with Gasteiger partial charge in [0.15, 0.2) is 0 Å². The van der Waals surface area contributed by atoms with Crippen molar-refractivity contribution in [1.82, 2.24) is 10.6 Å². The SMILES string of the molecule is CC1(C)CCC(NC(=O)C2(C)CCCCN2)CC1.Cl. The lowest BCUT2D eigenvalue weighted by Crippen LogP contribution is -2.59. The minimum absolute atomic E-state index is 0. The summed E-state index contributed by atoms with van der Waals surface area (Å²) in [5.41, 5.74) is 0.138. The Morgan fingerprint density at radius 1 is 1.11 bits per heavy atom. The average Bonchev–Trinajstić information content (AvgIpc) is 2.33. The zero-order chi connectivity index (χ0) is 13.2. The number of carbonyl (C=O) groups excluding carboxylic acids is 1. The molecule has 2 aliphatic rings. The molecule has 0 bridgehead atoms. The molecule has 0 aromatic rings. The summed E-state index contributed by atoms with van der Waals surface area (Å²) in [5.74, 6) is 0.215. The van der Waals surface area contributed by atoms with Crippen molar-refractivity contribution in [3.05, 3.63) is 0 Å². The van der Waals surface area contributed by atoms with Gasteiger partial charge in [-0.2, -0.15) is 0 Å². The summed E-state index contributed by atoms with van der Waals surface area (Å²) >= 11 is 0. The van der Waals surface area contributed by atoms with Crippen molar-refractivity contribution in [1.29, 1.82) is 0 Å². The van der Waals surface area contributed by atoms with Crippen molar-refractivity contribution in [3.63, 3.8) is 0 Å². The Morgan fingerprint density at radius 2 is 1.74 bits per heavy atom. The Labute approximate surface area is 123 Å². The molecule has 1 aliphatic carbocycles. The van der Waals surface area contributed by atoms with Gasteiger partial charge in [-0.1, -0.05) is 13.8 Å². The molecule has 2 fully saturated rings. The third kappa shape index (κ3) is 4.35. The van der Waals surface area contributed by atoms with Crippen molar-refractivity contribution in [2.75, 3.05) is 6.54 Å². The second-order valence-electron chi connectivity index (χ2n) is 7.13. The van der Waals surface area contributed by atoms with E-state index < -0.39 is 0 Å². The van der Waals surface area contributed by atoms with Crippen molar-refractivity contribution < 1.29 is 4.79 Å². The molecule has 0 spiro atoms. The lowest BCUT2D eigenvalue weighted by atomic mass is 9.75. The van der Waals surface area contributed by atoms with Crippen LogP contribution < -0.4 is 10.6 Å². The molecule has 1 unspecified atom stereocenters. The van der Waals surface area contributed by atoms with Crippen LogP contribution in [0.15, 0.2) is 0 Å². The van der Waals surface area contributed by atoms with E-state index in [0.717, 1.165) is 32.2 Å². The topological polar surface area (TPSA) is 41.1 Å². The number of carbonyl (C=O) groups is 1. The molecule has 3 nitrogen and oxygen atoms in total. The van der Waals surface area contributed by atoms with Crippen LogP contribution in [0.2, 0.25) is 0 Å². The Morgan fingerprint density at radius 3 is 2.26 bits per heavy atom. The zero-order valence-electron chi connectivity index (χ0n) is 12.6. The predicted molar refractivity (Wildman–Crippen MR) is 81.7 cm³/mol. The Balaban J connectivity index is 0.00000180. The smallest absolute Gasteiger partial charge is 0.240 e. The first-order chi connectivity index (χ1) is 8.41. The van der Waals surface area contributed by atoms with Gasteiger partial charge in [0, 0.05) is 6.04 Å². The van der Waals surface area contributed by atoms with E-state index in [0.29, 0.717) is 11.5 Å². The third-order valence-electron chi connectivity index (χ3n) is 4.79. The molecular weight excluding hydrogens is 260 g/mol. The molecule has 0 radical (unpaired) electrons. The molecule has 0 aromatic carbocycles. The maximum atomic E-state index is 12.4. The first-order valence-electron chi connectivity index (χ1n) is 7.47. The Kier molecular flexibility index (Phi) is 5.69. The van der Waals surface area contributed by atoms with Gasteiger partial charge in [0.05, 0.1) is 5.54 Å². The highest BCUT2D eigenvalue weighted by atomic mass is 35.5. The fourth-order valence-electron chi connectivity index (χ4n) is 3.14. The number of halogens is 1. The Bertz CT molecular complexity index is 301. The number of nitrogens with one attached hydrogen (secondary N) is 2. The molecular formula is C15H29ClN2O. The number of hydrogen-bond donors (Lipinski definition) is 2. The zero-order valence-corrected chi connectivity index (χ0v) is 13.4. The number of rotatable bonds is 2. The van der Waals surface area contributed by atoms with Gasteiger partial charge in [-0.15, -0.1) is 12.4 Å². The van der Waals surface area contributed by atoms with Crippen molar-refractivity contribution >= 4 is 18.3 Å². The second-order valence-corrected chi connectivity index (χ2v) is 7.13. The van der Waals surface area contributed by atoms with Crippen LogP contribution in [0.4, 0.5) is 0 Å². The first-order valence-corrected chi connectivity index (χ1v) is 7.47. The summed E-state index contributed by atoms with van der Waals surface area (Å²) in [5, 5.41) is 6.65. The number of piperidine rings is 1. The van der Waals surface area contributed by atoms with E-state index >= 15 is 0 Å². The minimum atomic E-state index is -0.328. The fourth-order valence-corrected chi connectivity index (χ4v) is 3.14. The highest BCUT2D eigenvalue weighted by Gasteiger charge is 2.36. The molecule has 1 heterocycles. The highest BCUT2D eigenvalue weighted by molar-refractivity contribution is 5.86. The summed E-state index contributed by atoms with van der Waals surface area (Å²) in [6, 6.07) is 0.395. The van der Waals surface area contributed by atoms with Crippen LogP contribution in [0.1, 0.15) is 65.7 Å². The summed E-state index contributed by atoms with van der Waals surface area (Å²) in [4.78, 5) is 12.4. The van der Waals surface area contributed by atoms with Crippen LogP contribution in [0, 0.1) is 5.41 Å². The average molecular weight is 289 g/mol. The molecule has 1 saturated carbocycles. The summed E-state index contributed by atoms with van der Waals surface area (Å²) in [7, 11) is 0. The molecule has 1 atom stereocenters. The number of hydrogen-bond acceptors (Lipinski definition) is 2. The summed E-state index contributed by atoms with van der Waals surface area (Å²) in [6.45, 7) is 7.68. The van der Waals surface area contributed by atoms with E-state index in [-0.39, 0.29) is 23.9 Å². The van der Waals surface area contributed by atoms with Crippen LogP contribution in [0.3, 0.4) is 0 Å². The van der Waals surface area contributed by atoms with E-state index in [9.17, 15) is 4.79 Å². The molecule has 4 heteroatoms. The molecule has 1 aliphatic heterocycles. The standard InChI is InChI=1S/C15H28N2O.ClH/c1-14(2)9-6-12(7-10-14)17-13(18)15(3)8-4-5-11-16-15;/h12,16H,4-11H2,1-3H3,(H,17,18);1H. The molecule has 0 aromatic heterocycles. The predicted octanol–water partition coefficient (Wildman–Crippen LogP) is 3.03. The second kappa shape index (κ2) is 6.45. The normalized spacial score (nSPS) is 31.3. The summed E-state index contributed by atoms with van der Waals surface area (Å²) < 4.78 is 0. The van der Waals surface area contributed by atoms with Crippen molar-refractivity contribution in [2.24, 2.45) is 5.41 Å². The van der Waals surface area contributed by atoms with Gasteiger partial charge in [0.25, 0.3) is 0 Å². The van der Waals surface area contributed by atoms with Crippen LogP contribution in [0.5, 0.6) is 0 Å². The maximum Gasteiger partial charge on any atom is 0.240 e. The van der Waals surface area contributed by atoms with Gasteiger partial charge in [-0.3, -0.25) is 4.79 Å². The van der Waals surface area contributed by atoms with Gasteiger partial charge in [0.2, 0.25) is 5.91 Å². The number of amides is 1. The van der Waals surface area contributed by atoms with E-state index in [1.165, 1.54) is 19.3 Å². The molecule has 1 amide bonds. The molecule has 112 valence electrons. The lowest BCUT2D eigenvalue weighted by molar-refractivity contribution is -0.129. The van der Waals surface area contributed by atoms with E-state index in [4.69, 9.17) is 0 Å². The van der Waals surface area contributed by atoms with Gasteiger partial charge < -0.3 is 10.6 Å².